The first kappa shape index (κ1) is 27.3. The van der Waals surface area contributed by atoms with Crippen LogP contribution < -0.4 is 0 Å². The van der Waals surface area contributed by atoms with E-state index >= 15 is 0 Å². The minimum atomic E-state index is -4.83. The molecule has 1 aliphatic carbocycles. The van der Waals surface area contributed by atoms with Crippen molar-refractivity contribution < 1.29 is 25.9 Å². The van der Waals surface area contributed by atoms with Gasteiger partial charge in [0.2, 0.25) is 0 Å². The largest absolute Gasteiger partial charge is 0.355 e. The van der Waals surface area contributed by atoms with Crippen molar-refractivity contribution in [2.24, 2.45) is 0 Å². The van der Waals surface area contributed by atoms with Gasteiger partial charge in [0.05, 0.1) is 22.8 Å². The molecule has 41 heavy (non-hydrogen) atoms. The SMILES string of the molecule is CC1=CC(C)(S(=O)(=O)O)CC(C)(S(=O)(=O)O)C1c1cc2cc3ccc(cc4nc(cc5nc(cc1[nH]2)C=C5)C=C4)[nH]3. The zero-order chi connectivity index (χ0) is 29.4. The van der Waals surface area contributed by atoms with E-state index in [1.807, 2.05) is 54.6 Å². The van der Waals surface area contributed by atoms with Crippen LogP contribution in [0.1, 0.15) is 61.4 Å². The Morgan fingerprint density at radius 1 is 0.756 bits per heavy atom. The van der Waals surface area contributed by atoms with Crippen molar-refractivity contribution in [3.63, 3.8) is 0 Å². The molecule has 0 spiro atoms. The lowest BCUT2D eigenvalue weighted by Crippen LogP contribution is -2.53. The van der Waals surface area contributed by atoms with Crippen molar-refractivity contribution in [1.82, 2.24) is 19.9 Å². The highest BCUT2D eigenvalue weighted by molar-refractivity contribution is 7.88. The molecule has 8 bridgehead atoms. The topological polar surface area (TPSA) is 166 Å². The lowest BCUT2D eigenvalue weighted by Gasteiger charge is -2.44. The summed E-state index contributed by atoms with van der Waals surface area (Å²) in [7, 11) is -9.54. The van der Waals surface area contributed by atoms with Crippen LogP contribution in [0, 0.1) is 0 Å². The summed E-state index contributed by atoms with van der Waals surface area (Å²) in [6.45, 7) is 4.16. The van der Waals surface area contributed by atoms with Gasteiger partial charge < -0.3 is 9.97 Å². The number of aromatic nitrogens is 4. The molecule has 10 nitrogen and oxygen atoms in total. The van der Waals surface area contributed by atoms with E-state index in [1.165, 1.54) is 19.9 Å². The first-order chi connectivity index (χ1) is 19.1. The molecular weight excluding hydrogens is 564 g/mol. The molecule has 4 N–H and O–H groups in total. The zero-order valence-corrected chi connectivity index (χ0v) is 24.1. The minimum Gasteiger partial charge on any atom is -0.355 e. The fourth-order valence-corrected chi connectivity index (χ4v) is 8.16. The van der Waals surface area contributed by atoms with Gasteiger partial charge in [-0.15, -0.1) is 0 Å². The summed E-state index contributed by atoms with van der Waals surface area (Å²) in [4.78, 5) is 16.0. The average Bonchev–Trinajstić information content (AvgIpc) is 3.63. The number of allylic oxidation sites excluding steroid dienone is 1. The maximum Gasteiger partial charge on any atom is 0.274 e. The van der Waals surface area contributed by atoms with E-state index in [4.69, 9.17) is 0 Å². The van der Waals surface area contributed by atoms with E-state index in [9.17, 15) is 25.9 Å². The van der Waals surface area contributed by atoms with Gasteiger partial charge in [-0.3, -0.25) is 9.11 Å². The van der Waals surface area contributed by atoms with Crippen LogP contribution >= 0.6 is 0 Å². The second kappa shape index (κ2) is 9.08. The zero-order valence-electron chi connectivity index (χ0n) is 22.5. The Morgan fingerprint density at radius 3 is 1.90 bits per heavy atom. The number of H-pyrrole nitrogens is 2. The number of hydrogen-bond acceptors (Lipinski definition) is 6. The van der Waals surface area contributed by atoms with Gasteiger partial charge in [0.1, 0.15) is 9.49 Å². The first-order valence-corrected chi connectivity index (χ1v) is 15.7. The molecule has 3 atom stereocenters. The maximum absolute atomic E-state index is 13.0. The minimum absolute atomic E-state index is 0.377. The van der Waals surface area contributed by atoms with Crippen molar-refractivity contribution in [3.8, 4) is 0 Å². The second-order valence-corrected chi connectivity index (χ2v) is 15.0. The van der Waals surface area contributed by atoms with E-state index < -0.39 is 42.1 Å². The predicted octanol–water partition coefficient (Wildman–Crippen LogP) is 5.38. The third kappa shape index (κ3) is 4.76. The highest BCUT2D eigenvalue weighted by Crippen LogP contribution is 2.51. The van der Waals surface area contributed by atoms with Crippen LogP contribution in [0.25, 0.3) is 46.4 Å². The van der Waals surface area contributed by atoms with Crippen molar-refractivity contribution in [2.45, 2.75) is 42.6 Å². The van der Waals surface area contributed by atoms with Crippen LogP contribution in [-0.2, 0) is 20.2 Å². The van der Waals surface area contributed by atoms with Gasteiger partial charge in [-0.25, -0.2) is 9.97 Å². The number of aromatic amines is 2. The fraction of sp³-hybridized carbons (Fsp3) is 0.241. The molecular formula is C29H28N4O6S2. The maximum atomic E-state index is 13.0. The van der Waals surface area contributed by atoms with Crippen molar-refractivity contribution in [2.75, 3.05) is 0 Å². The monoisotopic (exact) mass is 592 g/mol. The molecule has 12 heteroatoms. The molecule has 3 aromatic heterocycles. The molecule has 212 valence electrons. The van der Waals surface area contributed by atoms with Crippen LogP contribution in [0.4, 0.5) is 0 Å². The Bertz CT molecular complexity index is 2090. The van der Waals surface area contributed by atoms with Gasteiger partial charge in [0.15, 0.2) is 0 Å². The molecule has 5 heterocycles. The predicted molar refractivity (Wildman–Crippen MR) is 160 cm³/mol. The van der Waals surface area contributed by atoms with Crippen molar-refractivity contribution in [1.29, 1.82) is 0 Å². The van der Waals surface area contributed by atoms with Gasteiger partial charge in [0.25, 0.3) is 20.2 Å². The summed E-state index contributed by atoms with van der Waals surface area (Å²) in [5.41, 5.74) is 6.56. The molecule has 0 saturated heterocycles. The van der Waals surface area contributed by atoms with Crippen LogP contribution in [-0.4, -0.2) is 55.4 Å². The molecule has 0 saturated carbocycles. The fourth-order valence-electron chi connectivity index (χ4n) is 6.16. The van der Waals surface area contributed by atoms with E-state index in [0.29, 0.717) is 33.6 Å². The summed E-state index contributed by atoms with van der Waals surface area (Å²) in [6.07, 6.45) is 8.32. The third-order valence-electron chi connectivity index (χ3n) is 7.99. The van der Waals surface area contributed by atoms with Crippen LogP contribution in [0.2, 0.25) is 0 Å². The van der Waals surface area contributed by atoms with E-state index in [1.54, 1.807) is 19.1 Å². The van der Waals surface area contributed by atoms with Gasteiger partial charge >= 0.3 is 0 Å². The number of fused-ring (bicyclic) bond motifs is 8. The summed E-state index contributed by atoms with van der Waals surface area (Å²) in [6, 6.07) is 13.0. The molecule has 0 fully saturated rings. The average molecular weight is 593 g/mol. The Kier molecular flexibility index (Phi) is 6.05. The molecule has 3 aromatic rings. The van der Waals surface area contributed by atoms with Crippen LogP contribution in [0.3, 0.4) is 0 Å². The third-order valence-corrected chi connectivity index (χ3v) is 11.0. The number of rotatable bonds is 3. The number of nitrogens with one attached hydrogen (secondary N) is 2. The normalized spacial score (nSPS) is 24.4. The Morgan fingerprint density at radius 2 is 1.32 bits per heavy atom. The number of nitrogens with zero attached hydrogens (tertiary/aromatic N) is 2. The molecule has 2 aliphatic heterocycles. The molecule has 3 aliphatic rings. The first-order valence-electron chi connectivity index (χ1n) is 12.9. The van der Waals surface area contributed by atoms with E-state index in [0.717, 1.165) is 22.4 Å². The van der Waals surface area contributed by atoms with Crippen LogP contribution in [0.5, 0.6) is 0 Å². The summed E-state index contributed by atoms with van der Waals surface area (Å²) < 4.78 is 67.3. The molecule has 0 radical (unpaired) electrons. The van der Waals surface area contributed by atoms with E-state index in [2.05, 4.69) is 19.9 Å². The molecule has 6 rings (SSSR count). The van der Waals surface area contributed by atoms with Gasteiger partial charge in [-0.2, -0.15) is 16.8 Å². The Hall–Kier alpha value is -3.84. The quantitative estimate of drug-likeness (QED) is 0.160. The molecule has 0 aromatic carbocycles. The summed E-state index contributed by atoms with van der Waals surface area (Å²) in [5.74, 6) is -0.945. The summed E-state index contributed by atoms with van der Waals surface area (Å²) in [5, 5.41) is 0. The lowest BCUT2D eigenvalue weighted by atomic mass is 9.72. The van der Waals surface area contributed by atoms with Crippen LogP contribution in [0.15, 0.2) is 54.1 Å². The van der Waals surface area contributed by atoms with Gasteiger partial charge in [-0.1, -0.05) is 11.6 Å². The van der Waals surface area contributed by atoms with Gasteiger partial charge in [-0.05, 0) is 99.5 Å². The standard InChI is InChI=1S/C29H28N4O6S2/c1-17-15-28(2,40(34,35)36)16-29(3,41(37,38)39)27(17)25-13-24-12-22-7-6-20(31-22)10-18-4-5-19(30-18)11-21-8-9-23(32-21)14-26(25)33-24/h4-15,27,31,33H,16H2,1-3H3,(H,34,35,36)(H,37,38,39). The highest BCUT2D eigenvalue weighted by atomic mass is 32.2. The second-order valence-electron chi connectivity index (χ2n) is 11.2. The molecule has 0 amide bonds. The Balaban J connectivity index is 1.67. The van der Waals surface area contributed by atoms with Gasteiger partial charge in [0, 0.05) is 28.0 Å². The molecule has 3 unspecified atom stereocenters. The number of hydrogen-bond donors (Lipinski definition) is 4. The highest BCUT2D eigenvalue weighted by Gasteiger charge is 2.57. The summed E-state index contributed by atoms with van der Waals surface area (Å²) >= 11 is 0. The smallest absolute Gasteiger partial charge is 0.274 e. The van der Waals surface area contributed by atoms with Crippen molar-refractivity contribution >= 4 is 66.6 Å². The Labute approximate surface area is 237 Å². The van der Waals surface area contributed by atoms with E-state index in [-0.39, 0.29) is 0 Å². The van der Waals surface area contributed by atoms with Crippen molar-refractivity contribution in [3.05, 3.63) is 82.5 Å². The lowest BCUT2D eigenvalue weighted by molar-refractivity contribution is 0.352.